The predicted octanol–water partition coefficient (Wildman–Crippen LogP) is -0.0522. The Labute approximate surface area is 97.5 Å². The summed E-state index contributed by atoms with van der Waals surface area (Å²) in [5, 5.41) is 10.7. The number of carboxylic acid groups (broad SMARTS) is 1. The summed E-state index contributed by atoms with van der Waals surface area (Å²) in [5.41, 5.74) is 1.30. The maximum absolute atomic E-state index is 10.7. The maximum Gasteiger partial charge on any atom is 0.238 e. The van der Waals surface area contributed by atoms with Crippen LogP contribution in [0.15, 0.2) is 24.7 Å². The number of nitrogens with zero attached hydrogens (tertiary/aromatic N) is 3. The molecule has 2 aromatic heterocycles. The van der Waals surface area contributed by atoms with Crippen LogP contribution in [-0.4, -0.2) is 27.6 Å². The summed E-state index contributed by atoms with van der Waals surface area (Å²) in [5.74, 6) is -1.12. The average molecular weight is 232 g/mol. The van der Waals surface area contributed by atoms with E-state index in [2.05, 4.69) is 9.97 Å². The summed E-state index contributed by atoms with van der Waals surface area (Å²) in [7, 11) is 1.43. The van der Waals surface area contributed by atoms with E-state index in [4.69, 9.17) is 4.74 Å². The number of aryl methyl sites for hydroxylation is 1. The summed E-state index contributed by atoms with van der Waals surface area (Å²) < 4.78 is 6.76. The van der Waals surface area contributed by atoms with Gasteiger partial charge >= 0.3 is 0 Å². The number of pyridine rings is 1. The number of imidazole rings is 1. The van der Waals surface area contributed by atoms with Crippen molar-refractivity contribution in [2.75, 3.05) is 7.11 Å². The summed E-state index contributed by atoms with van der Waals surface area (Å²) in [4.78, 5) is 18.6. The molecule has 17 heavy (non-hydrogen) atoms. The van der Waals surface area contributed by atoms with Crippen LogP contribution in [0.4, 0.5) is 0 Å². The SMILES string of the molecule is COc1nc(C(=O)[O-])ccc1-n1cnc(C)c1. The van der Waals surface area contributed by atoms with Crippen molar-refractivity contribution in [3.05, 3.63) is 36.0 Å². The van der Waals surface area contributed by atoms with E-state index in [1.54, 1.807) is 23.2 Å². The molecular formula is C11H10N3O3-. The molecule has 2 aromatic rings. The molecular weight excluding hydrogens is 222 g/mol. The normalized spacial score (nSPS) is 10.2. The fourth-order valence-electron chi connectivity index (χ4n) is 1.45. The van der Waals surface area contributed by atoms with Crippen LogP contribution >= 0.6 is 0 Å². The number of rotatable bonds is 3. The lowest BCUT2D eigenvalue weighted by Crippen LogP contribution is -2.23. The number of aromatic nitrogens is 3. The molecule has 6 nitrogen and oxygen atoms in total. The molecule has 0 amide bonds. The standard InChI is InChI=1S/C11H11N3O3/c1-7-5-14(6-12-7)9-4-3-8(11(15)16)13-10(9)17-2/h3-6H,1-2H3,(H,15,16)/p-1. The monoisotopic (exact) mass is 232 g/mol. The Kier molecular flexibility index (Phi) is 2.78. The Bertz CT molecular complexity index is 563. The molecule has 0 fully saturated rings. The predicted molar refractivity (Wildman–Crippen MR) is 57.0 cm³/mol. The van der Waals surface area contributed by atoms with Gasteiger partial charge in [-0.05, 0) is 19.1 Å². The first-order valence-electron chi connectivity index (χ1n) is 4.89. The van der Waals surface area contributed by atoms with Gasteiger partial charge in [-0.3, -0.25) is 0 Å². The van der Waals surface area contributed by atoms with Crippen molar-refractivity contribution in [1.29, 1.82) is 0 Å². The van der Waals surface area contributed by atoms with Crippen molar-refractivity contribution in [1.82, 2.24) is 14.5 Å². The molecule has 0 radical (unpaired) electrons. The van der Waals surface area contributed by atoms with E-state index in [1.165, 1.54) is 13.2 Å². The zero-order valence-corrected chi connectivity index (χ0v) is 9.38. The summed E-state index contributed by atoms with van der Waals surface area (Å²) >= 11 is 0. The zero-order chi connectivity index (χ0) is 12.4. The molecule has 0 N–H and O–H groups in total. The molecule has 0 aliphatic rings. The van der Waals surface area contributed by atoms with Crippen molar-refractivity contribution in [3.8, 4) is 11.6 Å². The van der Waals surface area contributed by atoms with E-state index >= 15 is 0 Å². The molecule has 0 aromatic carbocycles. The number of carbonyl (C=O) groups is 1. The van der Waals surface area contributed by atoms with Crippen LogP contribution in [0.2, 0.25) is 0 Å². The largest absolute Gasteiger partial charge is 0.543 e. The smallest absolute Gasteiger partial charge is 0.238 e. The highest BCUT2D eigenvalue weighted by molar-refractivity contribution is 5.83. The van der Waals surface area contributed by atoms with Gasteiger partial charge in [0.2, 0.25) is 5.88 Å². The van der Waals surface area contributed by atoms with Gasteiger partial charge < -0.3 is 19.2 Å². The van der Waals surface area contributed by atoms with Gasteiger partial charge in [0.05, 0.1) is 30.8 Å². The van der Waals surface area contributed by atoms with E-state index < -0.39 is 5.97 Å². The quantitative estimate of drug-likeness (QED) is 0.741. The minimum Gasteiger partial charge on any atom is -0.543 e. The first-order valence-corrected chi connectivity index (χ1v) is 4.89. The van der Waals surface area contributed by atoms with Crippen LogP contribution in [0.25, 0.3) is 5.69 Å². The number of methoxy groups -OCH3 is 1. The van der Waals surface area contributed by atoms with Gasteiger partial charge in [0.1, 0.15) is 5.69 Å². The highest BCUT2D eigenvalue weighted by Gasteiger charge is 2.09. The Morgan fingerprint density at radius 2 is 2.24 bits per heavy atom. The van der Waals surface area contributed by atoms with Gasteiger partial charge in [0, 0.05) is 6.20 Å². The van der Waals surface area contributed by atoms with Crippen LogP contribution < -0.4 is 9.84 Å². The summed E-state index contributed by atoms with van der Waals surface area (Å²) in [6.45, 7) is 1.85. The molecule has 2 rings (SSSR count). The fraction of sp³-hybridized carbons (Fsp3) is 0.182. The molecule has 0 saturated heterocycles. The third-order valence-corrected chi connectivity index (χ3v) is 2.23. The maximum atomic E-state index is 10.7. The highest BCUT2D eigenvalue weighted by Crippen LogP contribution is 2.20. The molecule has 0 atom stereocenters. The number of hydrogen-bond acceptors (Lipinski definition) is 5. The van der Waals surface area contributed by atoms with Crippen molar-refractivity contribution < 1.29 is 14.6 Å². The van der Waals surface area contributed by atoms with Gasteiger partial charge in [-0.15, -0.1) is 0 Å². The fourth-order valence-corrected chi connectivity index (χ4v) is 1.45. The Hall–Kier alpha value is -2.37. The molecule has 0 aliphatic heterocycles. The molecule has 2 heterocycles. The number of ether oxygens (including phenoxy) is 1. The van der Waals surface area contributed by atoms with Gasteiger partial charge in [0.15, 0.2) is 0 Å². The first-order chi connectivity index (χ1) is 8.11. The lowest BCUT2D eigenvalue weighted by molar-refractivity contribution is -0.255. The molecule has 88 valence electrons. The van der Waals surface area contributed by atoms with Crippen LogP contribution in [0.5, 0.6) is 5.88 Å². The Balaban J connectivity index is 2.51. The average Bonchev–Trinajstić information content (AvgIpc) is 2.74. The number of carbonyl (C=O) groups excluding carboxylic acids is 1. The van der Waals surface area contributed by atoms with E-state index in [0.717, 1.165) is 5.69 Å². The minimum absolute atomic E-state index is 0.164. The third kappa shape index (κ3) is 2.10. The second-order valence-electron chi connectivity index (χ2n) is 3.43. The minimum atomic E-state index is -1.34. The zero-order valence-electron chi connectivity index (χ0n) is 9.38. The van der Waals surface area contributed by atoms with Crippen molar-refractivity contribution in [3.63, 3.8) is 0 Å². The Morgan fingerprint density at radius 1 is 1.47 bits per heavy atom. The number of carboxylic acids is 1. The molecule has 0 aliphatic carbocycles. The molecule has 6 heteroatoms. The van der Waals surface area contributed by atoms with Crippen molar-refractivity contribution in [2.24, 2.45) is 0 Å². The first kappa shape index (κ1) is 11.1. The van der Waals surface area contributed by atoms with E-state index in [1.807, 2.05) is 6.92 Å². The molecule has 0 spiro atoms. The van der Waals surface area contributed by atoms with Crippen LogP contribution in [0, 0.1) is 6.92 Å². The summed E-state index contributed by atoms with van der Waals surface area (Å²) in [6.07, 6.45) is 3.39. The van der Waals surface area contributed by atoms with Crippen molar-refractivity contribution in [2.45, 2.75) is 6.92 Å². The van der Waals surface area contributed by atoms with Gasteiger partial charge in [-0.2, -0.15) is 0 Å². The van der Waals surface area contributed by atoms with Crippen LogP contribution in [0.3, 0.4) is 0 Å². The van der Waals surface area contributed by atoms with Gasteiger partial charge in [-0.1, -0.05) is 0 Å². The van der Waals surface area contributed by atoms with E-state index in [9.17, 15) is 9.90 Å². The lowest BCUT2D eigenvalue weighted by atomic mass is 10.3. The van der Waals surface area contributed by atoms with E-state index in [0.29, 0.717) is 5.69 Å². The second kappa shape index (κ2) is 4.25. The molecule has 0 bridgehead atoms. The van der Waals surface area contributed by atoms with Gasteiger partial charge in [-0.25, -0.2) is 9.97 Å². The number of hydrogen-bond donors (Lipinski definition) is 0. The third-order valence-electron chi connectivity index (χ3n) is 2.23. The highest BCUT2D eigenvalue weighted by atomic mass is 16.5. The van der Waals surface area contributed by atoms with Crippen LogP contribution in [0.1, 0.15) is 16.2 Å². The topological polar surface area (TPSA) is 80.1 Å². The Morgan fingerprint density at radius 3 is 2.76 bits per heavy atom. The molecule has 0 saturated carbocycles. The van der Waals surface area contributed by atoms with Crippen molar-refractivity contribution >= 4 is 5.97 Å². The lowest BCUT2D eigenvalue weighted by Gasteiger charge is -2.10. The number of aromatic carboxylic acids is 1. The second-order valence-corrected chi connectivity index (χ2v) is 3.43. The van der Waals surface area contributed by atoms with Crippen LogP contribution in [-0.2, 0) is 0 Å². The van der Waals surface area contributed by atoms with Gasteiger partial charge in [0.25, 0.3) is 0 Å². The molecule has 0 unspecified atom stereocenters. The van der Waals surface area contributed by atoms with E-state index in [-0.39, 0.29) is 11.6 Å². The summed E-state index contributed by atoms with van der Waals surface area (Å²) in [6, 6.07) is 2.96.